The fraction of sp³-hybridized carbons (Fsp3) is 0.310. The van der Waals surface area contributed by atoms with E-state index in [2.05, 4.69) is 39.8 Å². The Morgan fingerprint density at radius 1 is 1.00 bits per heavy atom. The number of aliphatic imine (C=N–C) groups is 1. The van der Waals surface area contributed by atoms with Gasteiger partial charge < -0.3 is 9.47 Å². The smallest absolute Gasteiger partial charge is 0.272 e. The molecule has 0 radical (unpaired) electrons. The Morgan fingerprint density at radius 2 is 1.75 bits per heavy atom. The fourth-order valence-corrected chi connectivity index (χ4v) is 5.13. The van der Waals surface area contributed by atoms with Crippen molar-refractivity contribution in [2.45, 2.75) is 44.6 Å². The summed E-state index contributed by atoms with van der Waals surface area (Å²) < 4.78 is 11.2. The van der Waals surface area contributed by atoms with Gasteiger partial charge >= 0.3 is 0 Å². The zero-order valence-corrected chi connectivity index (χ0v) is 20.8. The zero-order valence-electron chi connectivity index (χ0n) is 20.8. The van der Waals surface area contributed by atoms with Crippen molar-refractivity contribution in [3.8, 4) is 11.5 Å². The Hall–Kier alpha value is -4.00. The first-order valence-electron chi connectivity index (χ1n) is 12.3. The number of pyridine rings is 1. The van der Waals surface area contributed by atoms with Crippen molar-refractivity contribution in [1.82, 2.24) is 10.4 Å². The molecule has 0 saturated heterocycles. The molecule has 0 unspecified atom stereocenters. The van der Waals surface area contributed by atoms with Crippen LogP contribution in [0.15, 0.2) is 71.0 Å². The lowest BCUT2D eigenvalue weighted by Crippen LogP contribution is -2.29. The summed E-state index contributed by atoms with van der Waals surface area (Å²) >= 11 is 0. The highest BCUT2D eigenvalue weighted by atomic mass is 16.5. The molecule has 2 aromatic carbocycles. The van der Waals surface area contributed by atoms with Crippen molar-refractivity contribution >= 4 is 17.3 Å². The number of carbonyl (C=O) groups is 1. The van der Waals surface area contributed by atoms with Crippen molar-refractivity contribution in [3.05, 3.63) is 88.7 Å². The van der Waals surface area contributed by atoms with Gasteiger partial charge in [-0.1, -0.05) is 37.1 Å². The zero-order chi connectivity index (χ0) is 25.1. The predicted octanol–water partition coefficient (Wildman–Crippen LogP) is 5.13. The molecule has 0 spiro atoms. The summed E-state index contributed by atoms with van der Waals surface area (Å²) in [6, 6.07) is 16.1. The van der Waals surface area contributed by atoms with E-state index in [9.17, 15) is 4.79 Å². The summed E-state index contributed by atoms with van der Waals surface area (Å²) in [4.78, 5) is 21.5. The van der Waals surface area contributed by atoms with Gasteiger partial charge in [-0.3, -0.25) is 14.8 Å². The van der Waals surface area contributed by atoms with Crippen molar-refractivity contribution in [2.75, 3.05) is 14.2 Å². The number of methoxy groups -OCH3 is 2. The number of nitrogens with zero attached hydrogens (tertiary/aromatic N) is 3. The maximum atomic E-state index is 12.3. The van der Waals surface area contributed by atoms with Gasteiger partial charge in [-0.25, -0.2) is 5.43 Å². The Bertz CT molecular complexity index is 1320. The Kier molecular flexibility index (Phi) is 6.80. The number of fused-ring (bicyclic) bond motifs is 3. The van der Waals surface area contributed by atoms with Gasteiger partial charge in [-0.15, -0.1) is 0 Å². The Labute approximate surface area is 211 Å². The number of benzene rings is 2. The van der Waals surface area contributed by atoms with Gasteiger partial charge in [0.05, 0.1) is 37.2 Å². The van der Waals surface area contributed by atoms with Gasteiger partial charge in [0.15, 0.2) is 11.5 Å². The molecule has 3 aromatic rings. The van der Waals surface area contributed by atoms with Crippen LogP contribution < -0.4 is 14.9 Å². The van der Waals surface area contributed by atoms with Crippen LogP contribution in [0.2, 0.25) is 0 Å². The number of rotatable bonds is 6. The van der Waals surface area contributed by atoms with E-state index in [1.165, 1.54) is 24.6 Å². The first-order valence-corrected chi connectivity index (χ1v) is 12.3. The number of hydrogen-bond donors (Lipinski definition) is 1. The second kappa shape index (κ2) is 10.3. The van der Waals surface area contributed by atoms with Crippen LogP contribution in [0.4, 0.5) is 0 Å². The van der Waals surface area contributed by atoms with E-state index >= 15 is 0 Å². The molecular weight excluding hydrogens is 452 g/mol. The van der Waals surface area contributed by atoms with E-state index in [0.717, 1.165) is 41.0 Å². The van der Waals surface area contributed by atoms with Crippen molar-refractivity contribution < 1.29 is 14.3 Å². The van der Waals surface area contributed by atoms with Crippen LogP contribution in [0.25, 0.3) is 0 Å². The van der Waals surface area contributed by atoms with Crippen LogP contribution in [0.1, 0.15) is 71.1 Å². The molecule has 1 aliphatic carbocycles. The first-order chi connectivity index (χ1) is 17.6. The number of carbonyl (C=O) groups excluding carboxylic acids is 1. The number of nitrogens with one attached hydrogen (secondary N) is 1. The monoisotopic (exact) mass is 482 g/mol. The number of hydrazone groups is 1. The SMILES string of the molecule is COc1cc2c(cc1OC)[C@H]1CCCC[C@H]1N=C2c1ccc(C(C)=NNC(=O)c2cccnc2)cc1. The molecule has 1 aliphatic heterocycles. The van der Waals surface area contributed by atoms with Crippen molar-refractivity contribution in [1.29, 1.82) is 0 Å². The normalized spacial score (nSPS) is 19.0. The van der Waals surface area contributed by atoms with Crippen LogP contribution in [-0.2, 0) is 0 Å². The Morgan fingerprint density at radius 3 is 2.47 bits per heavy atom. The van der Waals surface area contributed by atoms with Crippen LogP contribution in [0, 0.1) is 0 Å². The summed E-state index contributed by atoms with van der Waals surface area (Å²) in [5, 5.41) is 4.27. The molecule has 2 atom stereocenters. The van der Waals surface area contributed by atoms with E-state index in [1.54, 1.807) is 32.5 Å². The minimum Gasteiger partial charge on any atom is -0.493 e. The van der Waals surface area contributed by atoms with Gasteiger partial charge in [-0.05, 0) is 55.2 Å². The molecule has 36 heavy (non-hydrogen) atoms. The van der Waals surface area contributed by atoms with E-state index in [1.807, 2.05) is 19.1 Å². The standard InChI is InChI=1S/C29H30N4O3/c1-18(32-33-29(34)21-7-6-14-30-17-21)19-10-12-20(13-11-19)28-24-16-27(36-3)26(35-2)15-23(24)22-8-4-5-9-25(22)31-28/h6-7,10-17,22,25H,4-5,8-9H2,1-3H3,(H,33,34)/t22-,25-/m1/s1. The summed E-state index contributed by atoms with van der Waals surface area (Å²) in [5.41, 5.74) is 9.13. The highest BCUT2D eigenvalue weighted by Gasteiger charge is 2.34. The molecule has 184 valence electrons. The number of hydrogen-bond acceptors (Lipinski definition) is 6. The van der Waals surface area contributed by atoms with Crippen LogP contribution in [0.3, 0.4) is 0 Å². The maximum absolute atomic E-state index is 12.3. The van der Waals surface area contributed by atoms with E-state index in [-0.39, 0.29) is 11.9 Å². The molecule has 1 saturated carbocycles. The highest BCUT2D eigenvalue weighted by Crippen LogP contribution is 2.44. The van der Waals surface area contributed by atoms with E-state index in [4.69, 9.17) is 14.5 Å². The molecular formula is C29H30N4O3. The predicted molar refractivity (Wildman–Crippen MR) is 141 cm³/mol. The highest BCUT2D eigenvalue weighted by molar-refractivity contribution is 6.15. The lowest BCUT2D eigenvalue weighted by atomic mass is 9.75. The molecule has 7 heteroatoms. The number of amides is 1. The second-order valence-electron chi connectivity index (χ2n) is 9.19. The van der Waals surface area contributed by atoms with Crippen LogP contribution >= 0.6 is 0 Å². The topological polar surface area (TPSA) is 85.2 Å². The van der Waals surface area contributed by atoms with Crippen LogP contribution in [-0.4, -0.2) is 42.6 Å². The van der Waals surface area contributed by atoms with Crippen LogP contribution in [0.5, 0.6) is 11.5 Å². The fourth-order valence-electron chi connectivity index (χ4n) is 5.13. The summed E-state index contributed by atoms with van der Waals surface area (Å²) in [6.45, 7) is 1.87. The molecule has 1 amide bonds. The summed E-state index contributed by atoms with van der Waals surface area (Å²) in [7, 11) is 3.35. The molecule has 2 aliphatic rings. The molecule has 1 N–H and O–H groups in total. The molecule has 1 aromatic heterocycles. The summed E-state index contributed by atoms with van der Waals surface area (Å²) in [5.74, 6) is 1.59. The van der Waals surface area contributed by atoms with Gasteiger partial charge in [0.2, 0.25) is 0 Å². The average Bonchev–Trinajstić information content (AvgIpc) is 2.95. The Balaban J connectivity index is 1.43. The lowest BCUT2D eigenvalue weighted by Gasteiger charge is -2.35. The third-order valence-corrected chi connectivity index (χ3v) is 7.06. The average molecular weight is 483 g/mol. The minimum atomic E-state index is -0.293. The quantitative estimate of drug-likeness (QED) is 0.390. The molecule has 1 fully saturated rings. The van der Waals surface area contributed by atoms with Crippen molar-refractivity contribution in [2.24, 2.45) is 10.1 Å². The summed E-state index contributed by atoms with van der Waals surface area (Å²) in [6.07, 6.45) is 7.82. The molecule has 5 rings (SSSR count). The largest absolute Gasteiger partial charge is 0.493 e. The van der Waals surface area contributed by atoms with Crippen molar-refractivity contribution in [3.63, 3.8) is 0 Å². The number of aromatic nitrogens is 1. The first kappa shape index (κ1) is 23.7. The van der Waals surface area contributed by atoms with Gasteiger partial charge in [0, 0.05) is 29.4 Å². The third kappa shape index (κ3) is 4.61. The van der Waals surface area contributed by atoms with E-state index in [0.29, 0.717) is 22.9 Å². The van der Waals surface area contributed by atoms with Gasteiger partial charge in [-0.2, -0.15) is 5.10 Å². The minimum absolute atomic E-state index is 0.282. The molecule has 2 heterocycles. The van der Waals surface area contributed by atoms with Gasteiger partial charge in [0.25, 0.3) is 5.91 Å². The number of ether oxygens (including phenoxy) is 2. The second-order valence-corrected chi connectivity index (χ2v) is 9.19. The lowest BCUT2D eigenvalue weighted by molar-refractivity contribution is 0.0954. The van der Waals surface area contributed by atoms with E-state index < -0.39 is 0 Å². The van der Waals surface area contributed by atoms with Gasteiger partial charge in [0.1, 0.15) is 0 Å². The maximum Gasteiger partial charge on any atom is 0.272 e. The molecule has 7 nitrogen and oxygen atoms in total. The third-order valence-electron chi connectivity index (χ3n) is 7.06. The molecule has 0 bridgehead atoms.